The van der Waals surface area contributed by atoms with Crippen molar-refractivity contribution in [1.82, 2.24) is 0 Å². The van der Waals surface area contributed by atoms with Gasteiger partial charge in [0.25, 0.3) is 0 Å². The molecule has 0 radical (unpaired) electrons. The molecule has 0 heterocycles. The topological polar surface area (TPSA) is 18.5 Å². The Hall–Kier alpha value is 0.350. The first-order chi connectivity index (χ1) is 4.88. The number of ether oxygens (including phenoxy) is 2. The predicted molar refractivity (Wildman–Crippen MR) is 50.5 cm³/mol. The van der Waals surface area contributed by atoms with Crippen LogP contribution in [0.1, 0.15) is 27.7 Å². The van der Waals surface area contributed by atoms with Crippen LogP contribution in [0.4, 0.5) is 0 Å². The van der Waals surface area contributed by atoms with Gasteiger partial charge in [-0.05, 0) is 12.3 Å². The molecule has 0 fully saturated rings. The average Bonchev–Trinajstić information content (AvgIpc) is 1.85. The van der Waals surface area contributed by atoms with Crippen LogP contribution in [0, 0.1) is 5.41 Å². The fourth-order valence-corrected chi connectivity index (χ4v) is 0.687. The van der Waals surface area contributed by atoms with Crippen molar-refractivity contribution < 1.29 is 9.47 Å². The van der Waals surface area contributed by atoms with Crippen molar-refractivity contribution in [3.8, 4) is 0 Å². The second-order valence-corrected chi connectivity index (χ2v) is 4.33. The van der Waals surface area contributed by atoms with Crippen LogP contribution in [0.3, 0.4) is 0 Å². The van der Waals surface area contributed by atoms with Crippen molar-refractivity contribution in [2.75, 3.05) is 7.11 Å². The molecule has 0 amide bonds. The maximum absolute atomic E-state index is 5.50. The SMILES string of the molecule is COC(C)OC(P)C(C)(C)C. The van der Waals surface area contributed by atoms with Crippen molar-refractivity contribution in [1.29, 1.82) is 0 Å². The van der Waals surface area contributed by atoms with E-state index in [2.05, 4.69) is 30.0 Å². The Kier molecular flexibility index (Phi) is 4.53. The van der Waals surface area contributed by atoms with E-state index in [1.807, 2.05) is 6.92 Å². The standard InChI is InChI=1S/C8H19O2P/c1-6(9-5)10-7(11)8(2,3)4/h6-7H,11H2,1-5H3. The van der Waals surface area contributed by atoms with Crippen LogP contribution in [0.25, 0.3) is 0 Å². The van der Waals surface area contributed by atoms with Gasteiger partial charge in [0.1, 0.15) is 0 Å². The quantitative estimate of drug-likeness (QED) is 0.487. The lowest BCUT2D eigenvalue weighted by molar-refractivity contribution is -0.141. The molecule has 0 aliphatic heterocycles. The van der Waals surface area contributed by atoms with Crippen LogP contribution < -0.4 is 0 Å². The Morgan fingerprint density at radius 3 is 2.00 bits per heavy atom. The molecule has 0 saturated heterocycles. The minimum Gasteiger partial charge on any atom is -0.356 e. The minimum atomic E-state index is -0.128. The third-order valence-corrected chi connectivity index (χ3v) is 2.68. The summed E-state index contributed by atoms with van der Waals surface area (Å²) in [4.78, 5) is 0. The predicted octanol–water partition coefficient (Wildman–Crippen LogP) is 2.24. The summed E-state index contributed by atoms with van der Waals surface area (Å²) in [5.41, 5.74) is 0.150. The van der Waals surface area contributed by atoms with Crippen molar-refractivity contribution in [3.63, 3.8) is 0 Å². The van der Waals surface area contributed by atoms with E-state index in [4.69, 9.17) is 9.47 Å². The van der Waals surface area contributed by atoms with Gasteiger partial charge < -0.3 is 9.47 Å². The number of hydrogen-bond acceptors (Lipinski definition) is 2. The molecule has 2 nitrogen and oxygen atoms in total. The van der Waals surface area contributed by atoms with Gasteiger partial charge in [0.15, 0.2) is 6.29 Å². The zero-order valence-corrected chi connectivity index (χ0v) is 9.20. The molecule has 0 rings (SSSR count). The Labute approximate surface area is 71.9 Å². The molecule has 0 saturated carbocycles. The number of hydrogen-bond donors (Lipinski definition) is 0. The summed E-state index contributed by atoms with van der Waals surface area (Å²) >= 11 is 0. The molecule has 0 aromatic rings. The maximum Gasteiger partial charge on any atom is 0.155 e. The minimum absolute atomic E-state index is 0.128. The van der Waals surface area contributed by atoms with Gasteiger partial charge in [0, 0.05) is 7.11 Å². The van der Waals surface area contributed by atoms with Gasteiger partial charge in [-0.15, -0.1) is 9.24 Å². The second-order valence-electron chi connectivity index (χ2n) is 3.73. The third-order valence-electron chi connectivity index (χ3n) is 1.52. The largest absolute Gasteiger partial charge is 0.356 e. The normalized spacial score (nSPS) is 18.0. The van der Waals surface area contributed by atoms with Crippen LogP contribution in [0.5, 0.6) is 0 Å². The van der Waals surface area contributed by atoms with E-state index in [0.717, 1.165) is 0 Å². The summed E-state index contributed by atoms with van der Waals surface area (Å²) in [7, 11) is 4.32. The first-order valence-electron chi connectivity index (χ1n) is 3.81. The number of rotatable bonds is 3. The second kappa shape index (κ2) is 4.39. The van der Waals surface area contributed by atoms with Crippen LogP contribution in [-0.2, 0) is 9.47 Å². The molecule has 0 N–H and O–H groups in total. The van der Waals surface area contributed by atoms with E-state index >= 15 is 0 Å². The Balaban J connectivity index is 3.77. The summed E-state index contributed by atoms with van der Waals surface area (Å²) < 4.78 is 10.5. The third kappa shape index (κ3) is 4.73. The summed E-state index contributed by atoms with van der Waals surface area (Å²) in [5, 5.41) is 0. The lowest BCUT2D eigenvalue weighted by atomic mass is 9.98. The van der Waals surface area contributed by atoms with Gasteiger partial charge in [-0.1, -0.05) is 20.8 Å². The monoisotopic (exact) mass is 178 g/mol. The molecule has 0 aromatic carbocycles. The van der Waals surface area contributed by atoms with Crippen LogP contribution >= 0.6 is 9.24 Å². The van der Waals surface area contributed by atoms with E-state index in [1.165, 1.54) is 0 Å². The zero-order valence-electron chi connectivity index (χ0n) is 8.05. The van der Waals surface area contributed by atoms with Gasteiger partial charge in [-0.3, -0.25) is 0 Å². The smallest absolute Gasteiger partial charge is 0.155 e. The van der Waals surface area contributed by atoms with Crippen LogP contribution in [-0.4, -0.2) is 19.2 Å². The van der Waals surface area contributed by atoms with Crippen LogP contribution in [0.15, 0.2) is 0 Å². The zero-order chi connectivity index (χ0) is 9.07. The Morgan fingerprint density at radius 2 is 1.73 bits per heavy atom. The summed E-state index contributed by atoms with van der Waals surface area (Å²) in [5.74, 6) is 0.137. The molecule has 68 valence electrons. The molecule has 3 unspecified atom stereocenters. The molecular formula is C8H19O2P. The fraction of sp³-hybridized carbons (Fsp3) is 1.00. The fourth-order valence-electron chi connectivity index (χ4n) is 0.466. The van der Waals surface area contributed by atoms with Crippen molar-refractivity contribution in [2.24, 2.45) is 5.41 Å². The molecule has 3 heteroatoms. The van der Waals surface area contributed by atoms with Gasteiger partial charge in [0.05, 0.1) is 5.85 Å². The maximum atomic E-state index is 5.50. The summed E-state index contributed by atoms with van der Waals surface area (Å²) in [6.45, 7) is 8.29. The van der Waals surface area contributed by atoms with Crippen molar-refractivity contribution >= 4 is 9.24 Å². The Bertz CT molecular complexity index is 109. The highest BCUT2D eigenvalue weighted by Crippen LogP contribution is 2.27. The van der Waals surface area contributed by atoms with Crippen molar-refractivity contribution in [2.45, 2.75) is 39.8 Å². The van der Waals surface area contributed by atoms with E-state index in [9.17, 15) is 0 Å². The van der Waals surface area contributed by atoms with E-state index in [-0.39, 0.29) is 17.6 Å². The molecule has 3 atom stereocenters. The lowest BCUT2D eigenvalue weighted by Crippen LogP contribution is -2.27. The first-order valence-corrected chi connectivity index (χ1v) is 4.48. The highest BCUT2D eigenvalue weighted by atomic mass is 31.0. The highest BCUT2D eigenvalue weighted by Gasteiger charge is 2.22. The molecule has 0 aliphatic carbocycles. The van der Waals surface area contributed by atoms with Gasteiger partial charge in [-0.25, -0.2) is 0 Å². The average molecular weight is 178 g/mol. The van der Waals surface area contributed by atoms with Crippen molar-refractivity contribution in [3.05, 3.63) is 0 Å². The van der Waals surface area contributed by atoms with Crippen LogP contribution in [0.2, 0.25) is 0 Å². The Morgan fingerprint density at radius 1 is 1.27 bits per heavy atom. The molecule has 0 aromatic heterocycles. The molecule has 0 bridgehead atoms. The first kappa shape index (κ1) is 11.4. The molecular weight excluding hydrogens is 159 g/mol. The van der Waals surface area contributed by atoms with Gasteiger partial charge in [0.2, 0.25) is 0 Å². The van der Waals surface area contributed by atoms with Gasteiger partial charge >= 0.3 is 0 Å². The van der Waals surface area contributed by atoms with E-state index in [1.54, 1.807) is 7.11 Å². The highest BCUT2D eigenvalue weighted by molar-refractivity contribution is 7.17. The van der Waals surface area contributed by atoms with E-state index in [0.29, 0.717) is 0 Å². The lowest BCUT2D eigenvalue weighted by Gasteiger charge is -2.29. The summed E-state index contributed by atoms with van der Waals surface area (Å²) in [6.07, 6.45) is -0.128. The van der Waals surface area contributed by atoms with E-state index < -0.39 is 0 Å². The number of methoxy groups -OCH3 is 1. The molecule has 0 aliphatic rings. The molecule has 11 heavy (non-hydrogen) atoms. The summed E-state index contributed by atoms with van der Waals surface area (Å²) in [6, 6.07) is 0. The molecule has 0 spiro atoms. The van der Waals surface area contributed by atoms with Gasteiger partial charge in [-0.2, -0.15) is 0 Å².